The summed E-state index contributed by atoms with van der Waals surface area (Å²) in [6, 6.07) is 0.353. The molecular formula is C12H18N4O2. The predicted molar refractivity (Wildman–Crippen MR) is 65.7 cm³/mol. The van der Waals surface area contributed by atoms with Crippen LogP contribution in [0.25, 0.3) is 0 Å². The smallest absolute Gasteiger partial charge is 0.356 e. The molecule has 0 atom stereocenters. The van der Waals surface area contributed by atoms with E-state index < -0.39 is 5.97 Å². The molecule has 1 fully saturated rings. The highest BCUT2D eigenvalue weighted by Crippen LogP contribution is 2.26. The van der Waals surface area contributed by atoms with Gasteiger partial charge in [-0.05, 0) is 25.9 Å². The van der Waals surface area contributed by atoms with Gasteiger partial charge >= 0.3 is 5.97 Å². The van der Waals surface area contributed by atoms with E-state index in [0.29, 0.717) is 12.6 Å². The molecule has 0 amide bonds. The molecule has 18 heavy (non-hydrogen) atoms. The molecule has 3 rings (SSSR count). The highest BCUT2D eigenvalue weighted by Gasteiger charge is 2.28. The Morgan fingerprint density at radius 1 is 1.28 bits per heavy atom. The van der Waals surface area contributed by atoms with Gasteiger partial charge in [-0.15, -0.1) is 0 Å². The van der Waals surface area contributed by atoms with E-state index in [1.165, 1.54) is 0 Å². The number of hydrogen-bond donors (Lipinski definition) is 3. The van der Waals surface area contributed by atoms with E-state index in [1.807, 2.05) is 4.68 Å². The molecule has 0 aliphatic carbocycles. The lowest BCUT2D eigenvalue weighted by Crippen LogP contribution is -2.32. The molecule has 0 radical (unpaired) electrons. The van der Waals surface area contributed by atoms with Crippen LogP contribution in [0.1, 0.15) is 40.6 Å². The normalized spacial score (nSPS) is 20.7. The zero-order chi connectivity index (χ0) is 12.5. The number of carboxylic acid groups (broad SMARTS) is 1. The van der Waals surface area contributed by atoms with Gasteiger partial charge in [-0.3, -0.25) is 4.68 Å². The zero-order valence-corrected chi connectivity index (χ0v) is 10.3. The largest absolute Gasteiger partial charge is 0.476 e. The second-order valence-electron chi connectivity index (χ2n) is 4.93. The predicted octanol–water partition coefficient (Wildman–Crippen LogP) is 0.151. The molecule has 3 heterocycles. The third-order valence-corrected chi connectivity index (χ3v) is 3.82. The van der Waals surface area contributed by atoms with Crippen LogP contribution in [0.2, 0.25) is 0 Å². The summed E-state index contributed by atoms with van der Waals surface area (Å²) in [5, 5.41) is 20.1. The number of fused-ring (bicyclic) bond motifs is 1. The van der Waals surface area contributed by atoms with E-state index in [0.717, 1.165) is 50.2 Å². The summed E-state index contributed by atoms with van der Waals surface area (Å²) in [5.74, 6) is -0.914. The molecule has 0 aromatic carbocycles. The molecule has 0 saturated carbocycles. The molecule has 98 valence electrons. The van der Waals surface area contributed by atoms with Crippen molar-refractivity contribution in [3.05, 3.63) is 17.0 Å². The van der Waals surface area contributed by atoms with Crippen LogP contribution in [0.4, 0.5) is 0 Å². The minimum atomic E-state index is -0.914. The van der Waals surface area contributed by atoms with Gasteiger partial charge in [0.1, 0.15) is 0 Å². The minimum Gasteiger partial charge on any atom is -0.476 e. The minimum absolute atomic E-state index is 0.232. The highest BCUT2D eigenvalue weighted by molar-refractivity contribution is 5.87. The summed E-state index contributed by atoms with van der Waals surface area (Å²) in [5.41, 5.74) is 2.24. The van der Waals surface area contributed by atoms with E-state index >= 15 is 0 Å². The van der Waals surface area contributed by atoms with Crippen molar-refractivity contribution in [3.8, 4) is 0 Å². The van der Waals surface area contributed by atoms with Crippen molar-refractivity contribution in [3.63, 3.8) is 0 Å². The number of aromatic nitrogens is 2. The van der Waals surface area contributed by atoms with Gasteiger partial charge in [0.05, 0.1) is 6.04 Å². The standard InChI is InChI=1S/C12H18N4O2/c17-12(18)11-9-7-14-6-3-10(9)16(15-11)8-1-4-13-5-2-8/h8,13-14H,1-7H2,(H,17,18). The third-order valence-electron chi connectivity index (χ3n) is 3.82. The maximum Gasteiger partial charge on any atom is 0.356 e. The van der Waals surface area contributed by atoms with Crippen molar-refractivity contribution < 1.29 is 9.90 Å². The lowest BCUT2D eigenvalue weighted by Gasteiger charge is -2.26. The number of piperidine rings is 1. The zero-order valence-electron chi connectivity index (χ0n) is 10.3. The van der Waals surface area contributed by atoms with Gasteiger partial charge in [0.25, 0.3) is 0 Å². The van der Waals surface area contributed by atoms with Crippen LogP contribution < -0.4 is 10.6 Å². The molecular weight excluding hydrogens is 232 g/mol. The number of carboxylic acids is 1. The van der Waals surface area contributed by atoms with Crippen molar-refractivity contribution in [2.24, 2.45) is 0 Å². The summed E-state index contributed by atoms with van der Waals surface area (Å²) in [6.07, 6.45) is 2.93. The first kappa shape index (κ1) is 11.7. The Bertz CT molecular complexity index is 463. The molecule has 1 aromatic heterocycles. The van der Waals surface area contributed by atoms with Crippen molar-refractivity contribution in [1.29, 1.82) is 0 Å². The molecule has 0 bridgehead atoms. The van der Waals surface area contributed by atoms with Gasteiger partial charge in [0.15, 0.2) is 5.69 Å². The monoisotopic (exact) mass is 250 g/mol. The van der Waals surface area contributed by atoms with Gasteiger partial charge in [0.2, 0.25) is 0 Å². The van der Waals surface area contributed by atoms with Crippen LogP contribution in [0.15, 0.2) is 0 Å². The molecule has 1 aromatic rings. The fourth-order valence-corrected chi connectivity index (χ4v) is 2.90. The van der Waals surface area contributed by atoms with Crippen molar-refractivity contribution in [2.45, 2.75) is 31.8 Å². The lowest BCUT2D eigenvalue weighted by atomic mass is 10.0. The Kier molecular flexibility index (Phi) is 3.05. The average Bonchev–Trinajstić information content (AvgIpc) is 2.79. The Hall–Kier alpha value is -1.40. The highest BCUT2D eigenvalue weighted by atomic mass is 16.4. The van der Waals surface area contributed by atoms with E-state index in [9.17, 15) is 9.90 Å². The molecule has 0 unspecified atom stereocenters. The first-order chi connectivity index (χ1) is 8.77. The van der Waals surface area contributed by atoms with E-state index in [2.05, 4.69) is 15.7 Å². The van der Waals surface area contributed by atoms with Crippen LogP contribution >= 0.6 is 0 Å². The molecule has 6 nitrogen and oxygen atoms in total. The maximum atomic E-state index is 11.3. The molecule has 2 aliphatic heterocycles. The second kappa shape index (κ2) is 4.70. The fourth-order valence-electron chi connectivity index (χ4n) is 2.90. The summed E-state index contributed by atoms with van der Waals surface area (Å²) in [7, 11) is 0. The summed E-state index contributed by atoms with van der Waals surface area (Å²) in [4.78, 5) is 11.3. The van der Waals surface area contributed by atoms with Crippen LogP contribution in [0, 0.1) is 0 Å². The number of nitrogens with zero attached hydrogens (tertiary/aromatic N) is 2. The van der Waals surface area contributed by atoms with E-state index in [4.69, 9.17) is 0 Å². The first-order valence-corrected chi connectivity index (χ1v) is 6.52. The second-order valence-corrected chi connectivity index (χ2v) is 4.93. The average molecular weight is 250 g/mol. The summed E-state index contributed by atoms with van der Waals surface area (Å²) < 4.78 is 1.99. The van der Waals surface area contributed by atoms with Gasteiger partial charge in [0, 0.05) is 30.8 Å². The van der Waals surface area contributed by atoms with Crippen molar-refractivity contribution in [1.82, 2.24) is 20.4 Å². The number of aromatic carboxylic acids is 1. The summed E-state index contributed by atoms with van der Waals surface area (Å²) in [6.45, 7) is 3.50. The Balaban J connectivity index is 2.00. The van der Waals surface area contributed by atoms with E-state index in [1.54, 1.807) is 0 Å². The van der Waals surface area contributed by atoms with Gasteiger partial charge in [-0.25, -0.2) is 4.79 Å². The van der Waals surface area contributed by atoms with Crippen LogP contribution in [-0.4, -0.2) is 40.5 Å². The van der Waals surface area contributed by atoms with Crippen molar-refractivity contribution in [2.75, 3.05) is 19.6 Å². The molecule has 3 N–H and O–H groups in total. The fraction of sp³-hybridized carbons (Fsp3) is 0.667. The third kappa shape index (κ3) is 1.91. The Morgan fingerprint density at radius 3 is 2.78 bits per heavy atom. The molecule has 6 heteroatoms. The van der Waals surface area contributed by atoms with Crippen LogP contribution in [0.5, 0.6) is 0 Å². The SMILES string of the molecule is O=C(O)c1nn(C2CCNCC2)c2c1CNCC2. The van der Waals surface area contributed by atoms with Gasteiger partial charge in [-0.2, -0.15) is 5.10 Å². The number of carbonyl (C=O) groups is 1. The Labute approximate surface area is 105 Å². The van der Waals surface area contributed by atoms with E-state index in [-0.39, 0.29) is 5.69 Å². The topological polar surface area (TPSA) is 79.2 Å². The summed E-state index contributed by atoms with van der Waals surface area (Å²) >= 11 is 0. The Morgan fingerprint density at radius 2 is 2.06 bits per heavy atom. The quantitative estimate of drug-likeness (QED) is 0.696. The number of rotatable bonds is 2. The molecule has 2 aliphatic rings. The van der Waals surface area contributed by atoms with Crippen molar-refractivity contribution >= 4 is 5.97 Å². The van der Waals surface area contributed by atoms with Crippen LogP contribution in [-0.2, 0) is 13.0 Å². The maximum absolute atomic E-state index is 11.3. The van der Waals surface area contributed by atoms with Gasteiger partial charge in [-0.1, -0.05) is 0 Å². The lowest BCUT2D eigenvalue weighted by molar-refractivity contribution is 0.0687. The molecule has 1 saturated heterocycles. The van der Waals surface area contributed by atoms with Crippen LogP contribution in [0.3, 0.4) is 0 Å². The number of nitrogens with one attached hydrogen (secondary N) is 2. The molecule has 0 spiro atoms. The number of hydrogen-bond acceptors (Lipinski definition) is 4. The first-order valence-electron chi connectivity index (χ1n) is 6.52. The van der Waals surface area contributed by atoms with Gasteiger partial charge < -0.3 is 15.7 Å².